The van der Waals surface area contributed by atoms with Crippen molar-refractivity contribution < 1.29 is 59.9 Å². The Bertz CT molecular complexity index is 1050. The van der Waals surface area contributed by atoms with Crippen molar-refractivity contribution in [3.05, 3.63) is 41.5 Å². The summed E-state index contributed by atoms with van der Waals surface area (Å²) in [6, 6.07) is 5.72. The average molecular weight is 466 g/mol. The van der Waals surface area contributed by atoms with Crippen molar-refractivity contribution in [3.63, 3.8) is 0 Å². The average Bonchev–Trinajstić information content (AvgIpc) is 2.77. The summed E-state index contributed by atoms with van der Waals surface area (Å²) in [5.41, 5.74) is -0.147. The second-order valence-electron chi connectivity index (χ2n) is 7.73. The molecule has 2 heterocycles. The number of rotatable bonds is 4. The number of hydrogen-bond donors (Lipinski definition) is 8. The van der Waals surface area contributed by atoms with Crippen LogP contribution in [0, 0.1) is 0 Å². The fraction of sp³-hybridized carbons (Fsp3) is 0.381. The van der Waals surface area contributed by atoms with E-state index in [1.807, 2.05) is 0 Å². The van der Waals surface area contributed by atoms with E-state index in [0.29, 0.717) is 0 Å². The van der Waals surface area contributed by atoms with Gasteiger partial charge < -0.3 is 55.1 Å². The summed E-state index contributed by atoms with van der Waals surface area (Å²) in [5.74, 6) is -2.64. The number of ketones is 1. The van der Waals surface area contributed by atoms with Crippen molar-refractivity contribution in [2.75, 3.05) is 6.61 Å². The van der Waals surface area contributed by atoms with E-state index in [1.165, 1.54) is 12.1 Å². The lowest BCUT2D eigenvalue weighted by molar-refractivity contribution is -0.277. The van der Waals surface area contributed by atoms with E-state index >= 15 is 0 Å². The molecule has 4 rings (SSSR count). The minimum atomic E-state index is -1.73. The van der Waals surface area contributed by atoms with Crippen molar-refractivity contribution in [2.45, 2.75) is 42.9 Å². The first kappa shape index (κ1) is 23.0. The van der Waals surface area contributed by atoms with E-state index in [0.717, 1.165) is 18.2 Å². The number of phenolic OH excluding ortho intramolecular Hbond substituents is 3. The molecule has 12 heteroatoms. The van der Waals surface area contributed by atoms with Gasteiger partial charge in [-0.3, -0.25) is 4.79 Å². The Kier molecular flexibility index (Phi) is 6.05. The molecule has 0 saturated carbocycles. The van der Waals surface area contributed by atoms with Crippen LogP contribution in [0.5, 0.6) is 28.7 Å². The van der Waals surface area contributed by atoms with E-state index < -0.39 is 66.8 Å². The fourth-order valence-electron chi connectivity index (χ4n) is 3.77. The number of aliphatic hydroxyl groups excluding tert-OH is 5. The minimum Gasteiger partial charge on any atom is -0.508 e. The second-order valence-corrected chi connectivity index (χ2v) is 7.73. The van der Waals surface area contributed by atoms with Gasteiger partial charge in [0.1, 0.15) is 47.2 Å². The number of hydrogen-bond acceptors (Lipinski definition) is 12. The van der Waals surface area contributed by atoms with Crippen LogP contribution in [0.1, 0.15) is 22.0 Å². The van der Waals surface area contributed by atoms with Gasteiger partial charge in [-0.25, -0.2) is 0 Å². The van der Waals surface area contributed by atoms with Crippen LogP contribution in [0.4, 0.5) is 0 Å². The smallest absolute Gasteiger partial charge is 0.229 e. The topological polar surface area (TPSA) is 207 Å². The Balaban J connectivity index is 1.57. The third-order valence-corrected chi connectivity index (χ3v) is 5.52. The Labute approximate surface area is 186 Å². The number of carbonyl (C=O) groups excluding carboxylic acids is 1. The maximum Gasteiger partial charge on any atom is 0.229 e. The number of phenols is 3. The lowest BCUT2D eigenvalue weighted by Crippen LogP contribution is -2.60. The van der Waals surface area contributed by atoms with Gasteiger partial charge in [0.25, 0.3) is 0 Å². The normalized spacial score (nSPS) is 31.5. The maximum absolute atomic E-state index is 12.5. The van der Waals surface area contributed by atoms with Gasteiger partial charge in [0.15, 0.2) is 23.7 Å². The highest BCUT2D eigenvalue weighted by Gasteiger charge is 2.45. The van der Waals surface area contributed by atoms with E-state index in [9.17, 15) is 45.6 Å². The van der Waals surface area contributed by atoms with Crippen LogP contribution in [0.15, 0.2) is 30.3 Å². The molecule has 8 N–H and O–H groups in total. The van der Waals surface area contributed by atoms with Crippen molar-refractivity contribution in [3.8, 4) is 28.7 Å². The molecule has 0 bridgehead atoms. The molecule has 1 fully saturated rings. The van der Waals surface area contributed by atoms with Gasteiger partial charge >= 0.3 is 0 Å². The van der Waals surface area contributed by atoms with E-state index in [1.54, 1.807) is 0 Å². The van der Waals surface area contributed by atoms with Crippen LogP contribution in [0.3, 0.4) is 0 Å². The van der Waals surface area contributed by atoms with Gasteiger partial charge in [-0.2, -0.15) is 0 Å². The summed E-state index contributed by atoms with van der Waals surface area (Å²) in [4.78, 5) is 12.5. The molecule has 0 aliphatic carbocycles. The fourth-order valence-corrected chi connectivity index (χ4v) is 3.77. The number of fused-ring (bicyclic) bond motifs is 1. The first-order valence-electron chi connectivity index (χ1n) is 9.87. The summed E-state index contributed by atoms with van der Waals surface area (Å²) in [6.45, 7) is -0.659. The van der Waals surface area contributed by atoms with Crippen LogP contribution in [-0.4, -0.2) is 90.1 Å². The number of aliphatic hydroxyl groups is 5. The molecule has 0 aromatic heterocycles. The molecule has 2 aliphatic heterocycles. The lowest BCUT2D eigenvalue weighted by Gasteiger charge is -2.39. The van der Waals surface area contributed by atoms with Gasteiger partial charge in [0, 0.05) is 12.1 Å². The first-order chi connectivity index (χ1) is 15.6. The number of Topliss-reactive ketones (excluding diaryl/α,β-unsaturated/α-hetero) is 1. The second kappa shape index (κ2) is 8.67. The standard InChI is InChI=1S/C21H22O12/c22-6-13-15(26)17(28)19(30)21(33-13)32-11-2-1-7(3-9(11)24)20-18(29)16(27)14-10(25)4-8(23)5-12(14)31-20/h1-5,13,15,17-26,28-30H,6H2/t13-,15-,17+,18+,19-,20-,21-/m1/s1. The van der Waals surface area contributed by atoms with Crippen LogP contribution >= 0.6 is 0 Å². The minimum absolute atomic E-state index is 0.142. The molecule has 178 valence electrons. The van der Waals surface area contributed by atoms with Gasteiger partial charge in [0.2, 0.25) is 12.1 Å². The molecular formula is C21H22O12. The van der Waals surface area contributed by atoms with Gasteiger partial charge in [0.05, 0.1) is 6.61 Å². The molecule has 2 aromatic rings. The SMILES string of the molecule is O=C1c2c(O)cc(O)cc2O[C@H](c2ccc(O[C@@H]3O[C@H](CO)[C@@H](O)[C@H](O)[C@H]3O)c(O)c2)[C@H]1O. The molecule has 2 aliphatic rings. The number of aromatic hydroxyl groups is 3. The number of ether oxygens (including phenoxy) is 3. The van der Waals surface area contributed by atoms with Crippen LogP contribution in [0.25, 0.3) is 0 Å². The highest BCUT2D eigenvalue weighted by Crippen LogP contribution is 2.43. The molecule has 7 atom stereocenters. The predicted molar refractivity (Wildman–Crippen MR) is 106 cm³/mol. The van der Waals surface area contributed by atoms with E-state index in [4.69, 9.17) is 14.2 Å². The Morgan fingerprint density at radius 3 is 2.30 bits per heavy atom. The monoisotopic (exact) mass is 466 g/mol. The van der Waals surface area contributed by atoms with Crippen LogP contribution < -0.4 is 9.47 Å². The van der Waals surface area contributed by atoms with Gasteiger partial charge in [-0.15, -0.1) is 0 Å². The molecule has 0 unspecified atom stereocenters. The highest BCUT2D eigenvalue weighted by molar-refractivity contribution is 6.05. The van der Waals surface area contributed by atoms with Crippen LogP contribution in [-0.2, 0) is 4.74 Å². The molecule has 12 nitrogen and oxygen atoms in total. The van der Waals surface area contributed by atoms with Gasteiger partial charge in [-0.05, 0) is 17.7 Å². The molecule has 33 heavy (non-hydrogen) atoms. The van der Waals surface area contributed by atoms with Crippen molar-refractivity contribution in [1.82, 2.24) is 0 Å². The predicted octanol–water partition coefficient (Wildman–Crippen LogP) is -1.34. The Hall–Kier alpha value is -3.13. The summed E-state index contributed by atoms with van der Waals surface area (Å²) < 4.78 is 16.2. The van der Waals surface area contributed by atoms with E-state index in [2.05, 4.69) is 0 Å². The zero-order valence-corrected chi connectivity index (χ0v) is 16.8. The Morgan fingerprint density at radius 1 is 0.909 bits per heavy atom. The van der Waals surface area contributed by atoms with Crippen molar-refractivity contribution in [1.29, 1.82) is 0 Å². The molecule has 0 amide bonds. The summed E-state index contributed by atoms with van der Waals surface area (Å²) in [7, 11) is 0. The molecule has 1 saturated heterocycles. The molecule has 0 radical (unpaired) electrons. The zero-order valence-electron chi connectivity index (χ0n) is 16.8. The summed E-state index contributed by atoms with van der Waals surface area (Å²) in [5, 5.41) is 79.4. The van der Waals surface area contributed by atoms with Crippen molar-refractivity contribution in [2.24, 2.45) is 0 Å². The van der Waals surface area contributed by atoms with Crippen molar-refractivity contribution >= 4 is 5.78 Å². The summed E-state index contributed by atoms with van der Waals surface area (Å²) >= 11 is 0. The van der Waals surface area contributed by atoms with E-state index in [-0.39, 0.29) is 28.4 Å². The largest absolute Gasteiger partial charge is 0.508 e. The Morgan fingerprint density at radius 2 is 1.64 bits per heavy atom. The third kappa shape index (κ3) is 4.04. The van der Waals surface area contributed by atoms with Gasteiger partial charge in [-0.1, -0.05) is 6.07 Å². The third-order valence-electron chi connectivity index (χ3n) is 5.52. The molecule has 0 spiro atoms. The zero-order chi connectivity index (χ0) is 24.0. The first-order valence-corrected chi connectivity index (χ1v) is 9.87. The lowest BCUT2D eigenvalue weighted by atomic mass is 9.92. The highest BCUT2D eigenvalue weighted by atomic mass is 16.7. The summed E-state index contributed by atoms with van der Waals surface area (Å²) in [6.07, 6.45) is -10.7. The number of benzene rings is 2. The molecular weight excluding hydrogens is 444 g/mol. The maximum atomic E-state index is 12.5. The molecule has 2 aromatic carbocycles. The quantitative estimate of drug-likeness (QED) is 0.263. The number of carbonyl (C=O) groups is 1. The van der Waals surface area contributed by atoms with Crippen LogP contribution in [0.2, 0.25) is 0 Å².